The van der Waals surface area contributed by atoms with Gasteiger partial charge in [-0.2, -0.15) is 0 Å². The number of fused-ring (bicyclic) bond motifs is 1. The molecule has 96 valence electrons. The fourth-order valence-corrected chi connectivity index (χ4v) is 2.44. The third-order valence-electron chi connectivity index (χ3n) is 3.23. The monoisotopic (exact) mass is 234 g/mol. The van der Waals surface area contributed by atoms with Gasteiger partial charge >= 0.3 is 0 Å². The molecule has 0 aliphatic heterocycles. The molecule has 0 fully saturated rings. The second kappa shape index (κ2) is 5.07. The lowest BCUT2D eigenvalue weighted by Gasteiger charge is -2.23. The molecule has 0 aromatic carbocycles. The van der Waals surface area contributed by atoms with Crippen molar-refractivity contribution in [1.29, 1.82) is 0 Å². The summed E-state index contributed by atoms with van der Waals surface area (Å²) >= 11 is 0. The number of rotatable bonds is 0. The molecule has 2 N–H and O–H groups in total. The number of hydrogen-bond acceptors (Lipinski definition) is 2. The van der Waals surface area contributed by atoms with Gasteiger partial charge in [-0.15, -0.1) is 0 Å². The minimum absolute atomic E-state index is 0.0931. The van der Waals surface area contributed by atoms with Gasteiger partial charge in [0.15, 0.2) is 0 Å². The van der Waals surface area contributed by atoms with Crippen LogP contribution in [0.25, 0.3) is 0 Å². The van der Waals surface area contributed by atoms with E-state index in [2.05, 4.69) is 27.7 Å². The zero-order valence-electron chi connectivity index (χ0n) is 12.1. The summed E-state index contributed by atoms with van der Waals surface area (Å²) in [7, 11) is 0. The second-order valence-electron chi connectivity index (χ2n) is 5.53. The zero-order chi connectivity index (χ0) is 13.2. The van der Waals surface area contributed by atoms with Crippen LogP contribution in [-0.2, 0) is 18.3 Å². The number of anilines is 1. The second-order valence-corrected chi connectivity index (χ2v) is 5.53. The van der Waals surface area contributed by atoms with Crippen molar-refractivity contribution in [1.82, 2.24) is 4.98 Å². The van der Waals surface area contributed by atoms with E-state index in [-0.39, 0.29) is 5.41 Å². The van der Waals surface area contributed by atoms with Gasteiger partial charge in [0.1, 0.15) is 0 Å². The Morgan fingerprint density at radius 3 is 2.24 bits per heavy atom. The minimum atomic E-state index is 0.0931. The fraction of sp³-hybridized carbons (Fsp3) is 0.667. The van der Waals surface area contributed by atoms with Crippen LogP contribution in [0.1, 0.15) is 63.6 Å². The van der Waals surface area contributed by atoms with Crippen LogP contribution >= 0.6 is 0 Å². The Kier molecular flexibility index (Phi) is 4.18. The van der Waals surface area contributed by atoms with Crippen LogP contribution in [0.4, 0.5) is 5.69 Å². The predicted octanol–water partition coefficient (Wildman–Crippen LogP) is 3.78. The lowest BCUT2D eigenvalue weighted by atomic mass is 9.87. The summed E-state index contributed by atoms with van der Waals surface area (Å²) in [5.74, 6) is 0. The number of pyridine rings is 1. The molecule has 0 saturated heterocycles. The lowest BCUT2D eigenvalue weighted by Crippen LogP contribution is -2.18. The van der Waals surface area contributed by atoms with Crippen molar-refractivity contribution in [3.63, 3.8) is 0 Å². The molecular formula is C15H26N2. The Labute approximate surface area is 106 Å². The SMILES string of the molecule is CC.Cc1c(C(C)(C)C)nc2c(c1N)CCC2. The highest BCUT2D eigenvalue weighted by Gasteiger charge is 2.25. The van der Waals surface area contributed by atoms with E-state index in [0.29, 0.717) is 0 Å². The maximum Gasteiger partial charge on any atom is 0.0510 e. The minimum Gasteiger partial charge on any atom is -0.398 e. The summed E-state index contributed by atoms with van der Waals surface area (Å²) in [6, 6.07) is 0. The van der Waals surface area contributed by atoms with E-state index in [0.717, 1.165) is 18.5 Å². The standard InChI is InChI=1S/C13H20N2.C2H6/c1-8-11(14)9-6-5-7-10(9)15-12(8)13(2,3)4;1-2/h5-7H2,1-4H3,(H2,14,15);1-2H3. The molecule has 0 atom stereocenters. The zero-order valence-corrected chi connectivity index (χ0v) is 12.1. The third-order valence-corrected chi connectivity index (χ3v) is 3.23. The van der Waals surface area contributed by atoms with Crippen LogP contribution in [0.2, 0.25) is 0 Å². The van der Waals surface area contributed by atoms with Gasteiger partial charge in [0.25, 0.3) is 0 Å². The van der Waals surface area contributed by atoms with E-state index in [1.165, 1.54) is 28.9 Å². The summed E-state index contributed by atoms with van der Waals surface area (Å²) in [5.41, 5.74) is 12.2. The first-order chi connectivity index (χ1) is 7.91. The fourth-order valence-electron chi connectivity index (χ4n) is 2.44. The van der Waals surface area contributed by atoms with Gasteiger partial charge in [-0.05, 0) is 37.3 Å². The van der Waals surface area contributed by atoms with Gasteiger partial charge in [-0.1, -0.05) is 34.6 Å². The van der Waals surface area contributed by atoms with Crippen LogP contribution in [0.5, 0.6) is 0 Å². The molecule has 17 heavy (non-hydrogen) atoms. The third kappa shape index (κ3) is 2.62. The first kappa shape index (κ1) is 14.0. The summed E-state index contributed by atoms with van der Waals surface area (Å²) in [5, 5.41) is 0. The number of aryl methyl sites for hydroxylation is 1. The number of aromatic nitrogens is 1. The first-order valence-corrected chi connectivity index (χ1v) is 6.69. The van der Waals surface area contributed by atoms with Gasteiger partial charge in [0, 0.05) is 16.8 Å². The van der Waals surface area contributed by atoms with Gasteiger partial charge in [-0.3, -0.25) is 4.98 Å². The van der Waals surface area contributed by atoms with Crippen molar-refractivity contribution in [2.45, 2.75) is 66.2 Å². The molecule has 0 unspecified atom stereocenters. The van der Waals surface area contributed by atoms with Crippen molar-refractivity contribution in [2.24, 2.45) is 0 Å². The first-order valence-electron chi connectivity index (χ1n) is 6.69. The van der Waals surface area contributed by atoms with Crippen LogP contribution in [0, 0.1) is 6.92 Å². The Balaban J connectivity index is 0.000000686. The molecule has 2 heteroatoms. The van der Waals surface area contributed by atoms with Crippen LogP contribution in [-0.4, -0.2) is 4.98 Å². The molecular weight excluding hydrogens is 208 g/mol. The molecule has 0 spiro atoms. The van der Waals surface area contributed by atoms with E-state index in [4.69, 9.17) is 10.7 Å². The maximum atomic E-state index is 6.19. The molecule has 2 nitrogen and oxygen atoms in total. The molecule has 1 aliphatic carbocycles. The van der Waals surface area contributed by atoms with E-state index >= 15 is 0 Å². The van der Waals surface area contributed by atoms with Gasteiger partial charge in [0.2, 0.25) is 0 Å². The van der Waals surface area contributed by atoms with Crippen molar-refractivity contribution >= 4 is 5.69 Å². The molecule has 1 heterocycles. The highest BCUT2D eigenvalue weighted by Crippen LogP contribution is 2.34. The molecule has 0 radical (unpaired) electrons. The highest BCUT2D eigenvalue weighted by molar-refractivity contribution is 5.59. The van der Waals surface area contributed by atoms with Crippen molar-refractivity contribution in [3.05, 3.63) is 22.5 Å². The normalized spacial score (nSPS) is 14.0. The molecule has 2 rings (SSSR count). The van der Waals surface area contributed by atoms with Crippen molar-refractivity contribution < 1.29 is 0 Å². The summed E-state index contributed by atoms with van der Waals surface area (Å²) in [6.07, 6.45) is 3.42. The topological polar surface area (TPSA) is 38.9 Å². The van der Waals surface area contributed by atoms with Crippen molar-refractivity contribution in [3.8, 4) is 0 Å². The van der Waals surface area contributed by atoms with E-state index < -0.39 is 0 Å². The summed E-state index contributed by atoms with van der Waals surface area (Å²) in [4.78, 5) is 4.80. The van der Waals surface area contributed by atoms with E-state index in [9.17, 15) is 0 Å². The largest absolute Gasteiger partial charge is 0.398 e. The van der Waals surface area contributed by atoms with E-state index in [1.807, 2.05) is 13.8 Å². The smallest absolute Gasteiger partial charge is 0.0510 e. The molecule has 0 bridgehead atoms. The van der Waals surface area contributed by atoms with E-state index in [1.54, 1.807) is 0 Å². The van der Waals surface area contributed by atoms with Gasteiger partial charge < -0.3 is 5.73 Å². The number of nitrogens with zero attached hydrogens (tertiary/aromatic N) is 1. The Hall–Kier alpha value is -1.05. The number of hydrogen-bond donors (Lipinski definition) is 1. The predicted molar refractivity (Wildman–Crippen MR) is 75.5 cm³/mol. The van der Waals surface area contributed by atoms with Gasteiger partial charge in [-0.25, -0.2) is 0 Å². The van der Waals surface area contributed by atoms with Crippen LogP contribution in [0.15, 0.2) is 0 Å². The quantitative estimate of drug-likeness (QED) is 0.742. The Bertz CT molecular complexity index is 400. The molecule has 1 aromatic heterocycles. The summed E-state index contributed by atoms with van der Waals surface area (Å²) in [6.45, 7) is 12.7. The summed E-state index contributed by atoms with van der Waals surface area (Å²) < 4.78 is 0. The van der Waals surface area contributed by atoms with Gasteiger partial charge in [0.05, 0.1) is 5.69 Å². The molecule has 1 aliphatic rings. The van der Waals surface area contributed by atoms with Crippen molar-refractivity contribution in [2.75, 3.05) is 5.73 Å². The molecule has 0 saturated carbocycles. The average molecular weight is 234 g/mol. The number of nitrogens with two attached hydrogens (primary N) is 1. The average Bonchev–Trinajstić information content (AvgIpc) is 2.73. The Morgan fingerprint density at radius 1 is 1.12 bits per heavy atom. The Morgan fingerprint density at radius 2 is 1.71 bits per heavy atom. The van der Waals surface area contributed by atoms with Crippen LogP contribution < -0.4 is 5.73 Å². The van der Waals surface area contributed by atoms with Crippen LogP contribution in [0.3, 0.4) is 0 Å². The highest BCUT2D eigenvalue weighted by atomic mass is 14.8. The number of nitrogen functional groups attached to an aromatic ring is 1. The molecule has 0 amide bonds. The maximum absolute atomic E-state index is 6.19. The lowest BCUT2D eigenvalue weighted by molar-refractivity contribution is 0.562. The molecule has 1 aromatic rings.